The fraction of sp³-hybridized carbons (Fsp3) is 0.500. The second-order valence-corrected chi connectivity index (χ2v) is 6.94. The predicted octanol–water partition coefficient (Wildman–Crippen LogP) is 2.14. The highest BCUT2D eigenvalue weighted by molar-refractivity contribution is 7.89. The van der Waals surface area contributed by atoms with Crippen LogP contribution in [0.1, 0.15) is 38.7 Å². The lowest BCUT2D eigenvalue weighted by molar-refractivity contribution is 0.305. The Morgan fingerprint density at radius 3 is 2.67 bits per heavy atom. The smallest absolute Gasteiger partial charge is 0.241 e. The quantitative estimate of drug-likeness (QED) is 0.599. The van der Waals surface area contributed by atoms with Gasteiger partial charge in [-0.3, -0.25) is 0 Å². The highest BCUT2D eigenvalue weighted by Gasteiger charge is 2.16. The molecule has 21 heavy (non-hydrogen) atoms. The molecule has 0 bridgehead atoms. The number of rotatable bonds is 7. The summed E-state index contributed by atoms with van der Waals surface area (Å²) in [6.45, 7) is 4.62. The molecule has 5 heteroatoms. The molecule has 0 aliphatic rings. The largest absolute Gasteiger partial charge is 0.395 e. The van der Waals surface area contributed by atoms with E-state index >= 15 is 0 Å². The molecule has 116 valence electrons. The van der Waals surface area contributed by atoms with Crippen molar-refractivity contribution in [2.24, 2.45) is 5.92 Å². The maximum absolute atomic E-state index is 12.3. The SMILES string of the molecule is CC(C)CCCNS(=O)(=O)c1ccccc1C#CCCO. The molecular formula is C16H23NO3S. The second kappa shape index (κ2) is 8.83. The average molecular weight is 309 g/mol. The lowest BCUT2D eigenvalue weighted by atomic mass is 10.1. The summed E-state index contributed by atoms with van der Waals surface area (Å²) in [6.07, 6.45) is 2.13. The van der Waals surface area contributed by atoms with E-state index in [2.05, 4.69) is 30.4 Å². The number of aliphatic hydroxyl groups excluding tert-OH is 1. The monoisotopic (exact) mass is 309 g/mol. The van der Waals surface area contributed by atoms with Gasteiger partial charge in [-0.05, 0) is 30.9 Å². The van der Waals surface area contributed by atoms with Crippen molar-refractivity contribution < 1.29 is 13.5 Å². The fourth-order valence-electron chi connectivity index (χ4n) is 1.81. The molecule has 1 rings (SSSR count). The van der Waals surface area contributed by atoms with Crippen molar-refractivity contribution in [3.8, 4) is 11.8 Å². The molecular weight excluding hydrogens is 286 g/mol. The zero-order valence-electron chi connectivity index (χ0n) is 12.6. The summed E-state index contributed by atoms with van der Waals surface area (Å²) in [5.41, 5.74) is 0.460. The van der Waals surface area contributed by atoms with Crippen LogP contribution in [0.2, 0.25) is 0 Å². The molecule has 2 N–H and O–H groups in total. The zero-order chi connectivity index (χ0) is 15.7. The second-order valence-electron chi connectivity index (χ2n) is 5.21. The van der Waals surface area contributed by atoms with Gasteiger partial charge in [0, 0.05) is 18.5 Å². The van der Waals surface area contributed by atoms with Crippen LogP contribution in [0.15, 0.2) is 29.2 Å². The number of benzene rings is 1. The topological polar surface area (TPSA) is 66.4 Å². The van der Waals surface area contributed by atoms with Crippen molar-refractivity contribution >= 4 is 10.0 Å². The number of hydrogen-bond donors (Lipinski definition) is 2. The van der Waals surface area contributed by atoms with Crippen LogP contribution in [0.5, 0.6) is 0 Å². The van der Waals surface area contributed by atoms with Gasteiger partial charge in [0.2, 0.25) is 10.0 Å². The van der Waals surface area contributed by atoms with Crippen molar-refractivity contribution in [2.75, 3.05) is 13.2 Å². The highest BCUT2D eigenvalue weighted by Crippen LogP contribution is 2.14. The summed E-state index contributed by atoms with van der Waals surface area (Å²) in [6, 6.07) is 6.65. The normalized spacial score (nSPS) is 11.2. The fourth-order valence-corrected chi connectivity index (χ4v) is 3.05. The van der Waals surface area contributed by atoms with E-state index in [4.69, 9.17) is 5.11 Å². The lowest BCUT2D eigenvalue weighted by Crippen LogP contribution is -2.25. The Balaban J connectivity index is 2.81. The summed E-state index contributed by atoms with van der Waals surface area (Å²) in [5, 5.41) is 8.73. The molecule has 0 unspecified atom stereocenters. The molecule has 0 amide bonds. The third-order valence-electron chi connectivity index (χ3n) is 2.89. The Kier molecular flexibility index (Phi) is 7.44. The summed E-state index contributed by atoms with van der Waals surface area (Å²) in [5.74, 6) is 6.11. The van der Waals surface area contributed by atoms with Crippen LogP contribution >= 0.6 is 0 Å². The average Bonchev–Trinajstić information content (AvgIpc) is 2.44. The van der Waals surface area contributed by atoms with Crippen LogP contribution in [0, 0.1) is 17.8 Å². The van der Waals surface area contributed by atoms with Crippen LogP contribution in [-0.4, -0.2) is 26.7 Å². The maximum atomic E-state index is 12.3. The van der Waals surface area contributed by atoms with Gasteiger partial charge in [-0.1, -0.05) is 37.8 Å². The third-order valence-corrected chi connectivity index (χ3v) is 4.41. The van der Waals surface area contributed by atoms with Gasteiger partial charge in [-0.25, -0.2) is 13.1 Å². The van der Waals surface area contributed by atoms with Gasteiger partial charge in [-0.2, -0.15) is 0 Å². The summed E-state index contributed by atoms with van der Waals surface area (Å²) in [7, 11) is -3.54. The van der Waals surface area contributed by atoms with Crippen LogP contribution in [-0.2, 0) is 10.0 Å². The first kappa shape index (κ1) is 17.7. The lowest BCUT2D eigenvalue weighted by Gasteiger charge is -2.09. The molecule has 0 spiro atoms. The van der Waals surface area contributed by atoms with E-state index in [1.807, 2.05) is 0 Å². The molecule has 0 aromatic heterocycles. The van der Waals surface area contributed by atoms with Crippen LogP contribution in [0.25, 0.3) is 0 Å². The zero-order valence-corrected chi connectivity index (χ0v) is 13.4. The van der Waals surface area contributed by atoms with Gasteiger partial charge in [0.25, 0.3) is 0 Å². The van der Waals surface area contributed by atoms with E-state index in [9.17, 15) is 8.42 Å². The molecule has 1 aromatic rings. The number of aliphatic hydroxyl groups is 1. The minimum Gasteiger partial charge on any atom is -0.395 e. The highest BCUT2D eigenvalue weighted by atomic mass is 32.2. The van der Waals surface area contributed by atoms with Crippen LogP contribution < -0.4 is 4.72 Å². The van der Waals surface area contributed by atoms with Crippen molar-refractivity contribution in [3.05, 3.63) is 29.8 Å². The molecule has 0 heterocycles. The first-order valence-corrected chi connectivity index (χ1v) is 8.64. The molecule has 4 nitrogen and oxygen atoms in total. The van der Waals surface area contributed by atoms with E-state index in [0.717, 1.165) is 12.8 Å². The molecule has 0 fully saturated rings. The molecule has 0 atom stereocenters. The standard InChI is InChI=1S/C16H23NO3S/c1-14(2)8-7-12-17-21(19,20)16-11-4-3-9-15(16)10-5-6-13-18/h3-4,9,11,14,17-18H,6-8,12-13H2,1-2H3. The number of nitrogens with one attached hydrogen (secondary N) is 1. The van der Waals surface area contributed by atoms with Crippen molar-refractivity contribution in [1.82, 2.24) is 4.72 Å². The minimum atomic E-state index is -3.54. The van der Waals surface area contributed by atoms with Gasteiger partial charge in [0.05, 0.1) is 11.5 Å². The van der Waals surface area contributed by atoms with Crippen molar-refractivity contribution in [2.45, 2.75) is 38.0 Å². The number of sulfonamides is 1. The van der Waals surface area contributed by atoms with Gasteiger partial charge >= 0.3 is 0 Å². The molecule has 0 radical (unpaired) electrons. The Morgan fingerprint density at radius 1 is 1.29 bits per heavy atom. The Labute approximate surface area is 127 Å². The van der Waals surface area contributed by atoms with Crippen LogP contribution in [0.4, 0.5) is 0 Å². The van der Waals surface area contributed by atoms with E-state index in [-0.39, 0.29) is 11.5 Å². The third kappa shape index (κ3) is 6.30. The van der Waals surface area contributed by atoms with E-state index in [1.165, 1.54) is 0 Å². The van der Waals surface area contributed by atoms with Crippen molar-refractivity contribution in [1.29, 1.82) is 0 Å². The molecule has 0 saturated carbocycles. The van der Waals surface area contributed by atoms with Gasteiger partial charge in [-0.15, -0.1) is 0 Å². The number of hydrogen-bond acceptors (Lipinski definition) is 3. The molecule has 1 aromatic carbocycles. The van der Waals surface area contributed by atoms with Gasteiger partial charge < -0.3 is 5.11 Å². The summed E-state index contributed by atoms with van der Waals surface area (Å²) >= 11 is 0. The van der Waals surface area contributed by atoms with Gasteiger partial charge in [0.15, 0.2) is 0 Å². The molecule has 0 saturated heterocycles. The van der Waals surface area contributed by atoms with E-state index in [0.29, 0.717) is 24.4 Å². The predicted molar refractivity (Wildman–Crippen MR) is 84.3 cm³/mol. The Bertz CT molecular complexity index is 597. The summed E-state index contributed by atoms with van der Waals surface area (Å²) < 4.78 is 27.2. The van der Waals surface area contributed by atoms with Crippen molar-refractivity contribution in [3.63, 3.8) is 0 Å². The van der Waals surface area contributed by atoms with Crippen LogP contribution in [0.3, 0.4) is 0 Å². The minimum absolute atomic E-state index is 0.0324. The molecule has 0 aliphatic heterocycles. The first-order valence-electron chi connectivity index (χ1n) is 7.16. The Hall–Kier alpha value is -1.35. The van der Waals surface area contributed by atoms with Gasteiger partial charge in [0.1, 0.15) is 0 Å². The van der Waals surface area contributed by atoms with E-state index < -0.39 is 10.0 Å². The Morgan fingerprint density at radius 2 is 2.00 bits per heavy atom. The summed E-state index contributed by atoms with van der Waals surface area (Å²) in [4.78, 5) is 0.194. The van der Waals surface area contributed by atoms with E-state index in [1.54, 1.807) is 24.3 Å². The molecule has 0 aliphatic carbocycles. The maximum Gasteiger partial charge on any atom is 0.241 e. The first-order chi connectivity index (χ1) is 9.97.